The fourth-order valence-corrected chi connectivity index (χ4v) is 2.80. The molecule has 1 rings (SSSR count). The highest BCUT2D eigenvalue weighted by atomic mass is 79.9. The molecule has 15 heavy (non-hydrogen) atoms. The molecule has 0 saturated heterocycles. The van der Waals surface area contributed by atoms with Gasteiger partial charge in [-0.15, -0.1) is 23.4 Å². The second-order valence-electron chi connectivity index (χ2n) is 3.32. The lowest BCUT2D eigenvalue weighted by atomic mass is 10.2. The Morgan fingerprint density at radius 2 is 2.33 bits per heavy atom. The molecule has 0 saturated carbocycles. The SMILES string of the molecule is CC(CCl)CSc1cc(Br)ccc1C#N. The molecule has 1 aromatic carbocycles. The first-order valence-electron chi connectivity index (χ1n) is 4.55. The van der Waals surface area contributed by atoms with Crippen LogP contribution in [-0.2, 0) is 0 Å². The molecule has 0 radical (unpaired) electrons. The van der Waals surface area contributed by atoms with Crippen molar-refractivity contribution in [1.29, 1.82) is 5.26 Å². The zero-order valence-electron chi connectivity index (χ0n) is 8.34. The lowest BCUT2D eigenvalue weighted by Gasteiger charge is -2.08. The first-order chi connectivity index (χ1) is 7.17. The number of alkyl halides is 1. The van der Waals surface area contributed by atoms with Gasteiger partial charge in [0.2, 0.25) is 0 Å². The molecular weight excluding hydrogens is 294 g/mol. The van der Waals surface area contributed by atoms with E-state index in [1.54, 1.807) is 11.8 Å². The van der Waals surface area contributed by atoms with Gasteiger partial charge in [-0.25, -0.2) is 0 Å². The van der Waals surface area contributed by atoms with Gasteiger partial charge in [-0.1, -0.05) is 22.9 Å². The Labute approximate surface area is 108 Å². The maximum Gasteiger partial charge on any atom is 0.100 e. The van der Waals surface area contributed by atoms with Crippen LogP contribution in [0.4, 0.5) is 0 Å². The molecule has 0 aromatic heterocycles. The van der Waals surface area contributed by atoms with E-state index in [0.29, 0.717) is 11.8 Å². The van der Waals surface area contributed by atoms with E-state index in [4.69, 9.17) is 16.9 Å². The summed E-state index contributed by atoms with van der Waals surface area (Å²) in [6, 6.07) is 7.88. The Bertz CT molecular complexity index is 375. The van der Waals surface area contributed by atoms with E-state index in [2.05, 4.69) is 28.9 Å². The zero-order chi connectivity index (χ0) is 11.3. The summed E-state index contributed by atoms with van der Waals surface area (Å²) in [5, 5.41) is 8.93. The van der Waals surface area contributed by atoms with Gasteiger partial charge in [0.1, 0.15) is 6.07 Å². The van der Waals surface area contributed by atoms with Gasteiger partial charge in [0.25, 0.3) is 0 Å². The number of hydrogen-bond acceptors (Lipinski definition) is 2. The highest BCUT2D eigenvalue weighted by molar-refractivity contribution is 9.10. The Hall–Kier alpha value is -0.170. The molecule has 1 nitrogen and oxygen atoms in total. The highest BCUT2D eigenvalue weighted by Gasteiger charge is 2.06. The Balaban J connectivity index is 2.75. The van der Waals surface area contributed by atoms with E-state index in [-0.39, 0.29) is 0 Å². The van der Waals surface area contributed by atoms with E-state index in [0.717, 1.165) is 20.7 Å². The quantitative estimate of drug-likeness (QED) is 0.612. The van der Waals surface area contributed by atoms with Crippen LogP contribution in [0.15, 0.2) is 27.6 Å². The van der Waals surface area contributed by atoms with E-state index in [1.165, 1.54) is 0 Å². The molecule has 0 N–H and O–H groups in total. The molecule has 4 heteroatoms. The van der Waals surface area contributed by atoms with E-state index < -0.39 is 0 Å². The van der Waals surface area contributed by atoms with Crippen LogP contribution in [0.25, 0.3) is 0 Å². The lowest BCUT2D eigenvalue weighted by Crippen LogP contribution is -1.99. The molecule has 0 aliphatic rings. The van der Waals surface area contributed by atoms with Gasteiger partial charge in [0, 0.05) is 21.0 Å². The summed E-state index contributed by atoms with van der Waals surface area (Å²) in [5.41, 5.74) is 0.727. The monoisotopic (exact) mass is 303 g/mol. The first kappa shape index (κ1) is 12.9. The fraction of sp³-hybridized carbons (Fsp3) is 0.364. The van der Waals surface area contributed by atoms with Crippen molar-refractivity contribution < 1.29 is 0 Å². The standard InChI is InChI=1S/C11H11BrClNS/c1-8(5-13)7-15-11-4-10(12)3-2-9(11)6-14/h2-4,8H,5,7H2,1H3. The molecule has 0 fully saturated rings. The first-order valence-corrected chi connectivity index (χ1v) is 6.87. The van der Waals surface area contributed by atoms with Gasteiger partial charge in [0.05, 0.1) is 5.56 Å². The molecule has 80 valence electrons. The number of nitriles is 1. The maximum absolute atomic E-state index is 8.93. The number of benzene rings is 1. The average molecular weight is 305 g/mol. The number of rotatable bonds is 4. The smallest absolute Gasteiger partial charge is 0.100 e. The van der Waals surface area contributed by atoms with Crippen LogP contribution in [0.1, 0.15) is 12.5 Å². The fourth-order valence-electron chi connectivity index (χ4n) is 0.985. The Kier molecular flexibility index (Phi) is 5.52. The van der Waals surface area contributed by atoms with Crippen molar-refractivity contribution in [2.45, 2.75) is 11.8 Å². The van der Waals surface area contributed by atoms with Crippen LogP contribution < -0.4 is 0 Å². The lowest BCUT2D eigenvalue weighted by molar-refractivity contribution is 0.759. The summed E-state index contributed by atoms with van der Waals surface area (Å²) in [5.74, 6) is 2.06. The Morgan fingerprint density at radius 1 is 1.60 bits per heavy atom. The van der Waals surface area contributed by atoms with Crippen molar-refractivity contribution in [3.8, 4) is 6.07 Å². The zero-order valence-corrected chi connectivity index (χ0v) is 11.5. The number of thioether (sulfide) groups is 1. The summed E-state index contributed by atoms with van der Waals surface area (Å²) in [6.07, 6.45) is 0. The van der Waals surface area contributed by atoms with Gasteiger partial charge < -0.3 is 0 Å². The maximum atomic E-state index is 8.93. The molecule has 1 unspecified atom stereocenters. The third-order valence-electron chi connectivity index (χ3n) is 1.85. The van der Waals surface area contributed by atoms with E-state index >= 15 is 0 Å². The predicted molar refractivity (Wildman–Crippen MR) is 69.5 cm³/mol. The van der Waals surface area contributed by atoms with Crippen LogP contribution in [-0.4, -0.2) is 11.6 Å². The normalized spacial score (nSPS) is 12.1. The molecule has 0 spiro atoms. The van der Waals surface area contributed by atoms with Crippen molar-refractivity contribution in [3.63, 3.8) is 0 Å². The molecule has 0 heterocycles. The average Bonchev–Trinajstić information content (AvgIpc) is 2.26. The summed E-state index contributed by atoms with van der Waals surface area (Å²) in [6.45, 7) is 2.10. The van der Waals surface area contributed by atoms with Gasteiger partial charge in [0.15, 0.2) is 0 Å². The minimum Gasteiger partial charge on any atom is -0.192 e. The number of halogens is 2. The van der Waals surface area contributed by atoms with Gasteiger partial charge >= 0.3 is 0 Å². The molecular formula is C11H11BrClNS. The second-order valence-corrected chi connectivity index (χ2v) is 5.61. The van der Waals surface area contributed by atoms with Crippen molar-refractivity contribution >= 4 is 39.3 Å². The molecule has 1 atom stereocenters. The van der Waals surface area contributed by atoms with Crippen molar-refractivity contribution in [2.24, 2.45) is 5.92 Å². The number of nitrogens with zero attached hydrogens (tertiary/aromatic N) is 1. The van der Waals surface area contributed by atoms with Crippen molar-refractivity contribution in [1.82, 2.24) is 0 Å². The third-order valence-corrected chi connectivity index (χ3v) is 4.26. The third kappa shape index (κ3) is 4.06. The Morgan fingerprint density at radius 3 is 2.93 bits per heavy atom. The second kappa shape index (κ2) is 6.42. The molecule has 0 aliphatic heterocycles. The summed E-state index contributed by atoms with van der Waals surface area (Å²) < 4.78 is 1.00. The van der Waals surface area contributed by atoms with Crippen LogP contribution >= 0.6 is 39.3 Å². The minimum atomic E-state index is 0.460. The largest absolute Gasteiger partial charge is 0.192 e. The molecule has 0 bridgehead atoms. The van der Waals surface area contributed by atoms with Crippen molar-refractivity contribution in [2.75, 3.05) is 11.6 Å². The molecule has 0 aliphatic carbocycles. The molecule has 1 aromatic rings. The predicted octanol–water partition coefficient (Wildman–Crippen LogP) is 4.29. The summed E-state index contributed by atoms with van der Waals surface area (Å²) >= 11 is 10.8. The van der Waals surface area contributed by atoms with E-state index in [1.807, 2.05) is 18.2 Å². The van der Waals surface area contributed by atoms with Gasteiger partial charge in [-0.05, 0) is 24.1 Å². The minimum absolute atomic E-state index is 0.460. The van der Waals surface area contributed by atoms with Crippen LogP contribution in [0.2, 0.25) is 0 Å². The number of hydrogen-bond donors (Lipinski definition) is 0. The highest BCUT2D eigenvalue weighted by Crippen LogP contribution is 2.27. The van der Waals surface area contributed by atoms with Gasteiger partial charge in [-0.2, -0.15) is 5.26 Å². The van der Waals surface area contributed by atoms with Crippen LogP contribution in [0.5, 0.6) is 0 Å². The van der Waals surface area contributed by atoms with Crippen LogP contribution in [0, 0.1) is 17.2 Å². The topological polar surface area (TPSA) is 23.8 Å². The summed E-state index contributed by atoms with van der Waals surface area (Å²) in [4.78, 5) is 1.02. The van der Waals surface area contributed by atoms with E-state index in [9.17, 15) is 0 Å². The van der Waals surface area contributed by atoms with Gasteiger partial charge in [-0.3, -0.25) is 0 Å². The molecule has 0 amide bonds. The van der Waals surface area contributed by atoms with Crippen molar-refractivity contribution in [3.05, 3.63) is 28.2 Å². The summed E-state index contributed by atoms with van der Waals surface area (Å²) in [7, 11) is 0. The van der Waals surface area contributed by atoms with Crippen LogP contribution in [0.3, 0.4) is 0 Å².